The maximum Gasteiger partial charge on any atom is 0.111 e. The van der Waals surface area contributed by atoms with Crippen LogP contribution in [0.2, 0.25) is 0 Å². The first-order valence-corrected chi connectivity index (χ1v) is 4.48. The van der Waals surface area contributed by atoms with Gasteiger partial charge in [-0.15, -0.1) is 0 Å². The van der Waals surface area contributed by atoms with E-state index >= 15 is 0 Å². The number of aliphatic hydroxyl groups is 1. The molecule has 1 saturated heterocycles. The molecule has 0 amide bonds. The summed E-state index contributed by atoms with van der Waals surface area (Å²) in [6.07, 6.45) is 8.76. The lowest BCUT2D eigenvalue weighted by Crippen LogP contribution is -2.47. The summed E-state index contributed by atoms with van der Waals surface area (Å²) in [5.74, 6) is 0. The molecule has 2 atom stereocenters. The smallest absolute Gasteiger partial charge is 0.111 e. The van der Waals surface area contributed by atoms with Crippen molar-refractivity contribution in [2.75, 3.05) is 6.54 Å². The zero-order valence-electron chi connectivity index (χ0n) is 6.74. The Kier molecular flexibility index (Phi) is 1.96. The fraction of sp³-hybridized carbons (Fsp3) is 0.778. The van der Waals surface area contributed by atoms with Crippen molar-refractivity contribution < 1.29 is 5.11 Å². The van der Waals surface area contributed by atoms with Gasteiger partial charge >= 0.3 is 0 Å². The Labute approximate surface area is 67.5 Å². The molecule has 0 aromatic heterocycles. The van der Waals surface area contributed by atoms with Crippen molar-refractivity contribution >= 4 is 0 Å². The van der Waals surface area contributed by atoms with Gasteiger partial charge in [-0.25, -0.2) is 0 Å². The van der Waals surface area contributed by atoms with Gasteiger partial charge in [0.25, 0.3) is 0 Å². The largest absolute Gasteiger partial charge is 0.378 e. The zero-order chi connectivity index (χ0) is 7.68. The molecule has 0 aromatic rings. The van der Waals surface area contributed by atoms with Crippen molar-refractivity contribution in [1.29, 1.82) is 0 Å². The highest BCUT2D eigenvalue weighted by Gasteiger charge is 2.27. The van der Waals surface area contributed by atoms with Crippen molar-refractivity contribution in [2.24, 2.45) is 0 Å². The van der Waals surface area contributed by atoms with Crippen molar-refractivity contribution in [2.45, 2.75) is 38.0 Å². The highest BCUT2D eigenvalue weighted by atomic mass is 16.3. The summed E-state index contributed by atoms with van der Waals surface area (Å²) in [5.41, 5.74) is 0. The molecule has 0 saturated carbocycles. The molecule has 2 rings (SSSR count). The summed E-state index contributed by atoms with van der Waals surface area (Å²) in [7, 11) is 0. The molecule has 2 aliphatic heterocycles. The Morgan fingerprint density at radius 1 is 1.36 bits per heavy atom. The first kappa shape index (κ1) is 7.32. The minimum Gasteiger partial charge on any atom is -0.378 e. The number of rotatable bonds is 0. The molecule has 0 spiro atoms. The normalized spacial score (nSPS) is 38.6. The highest BCUT2D eigenvalue weighted by molar-refractivity contribution is 5.02. The third kappa shape index (κ3) is 1.33. The third-order valence-electron chi connectivity index (χ3n) is 2.68. The van der Waals surface area contributed by atoms with Crippen LogP contribution in [0.25, 0.3) is 0 Å². The molecule has 11 heavy (non-hydrogen) atoms. The topological polar surface area (TPSA) is 23.5 Å². The molecule has 2 unspecified atom stereocenters. The van der Waals surface area contributed by atoms with Gasteiger partial charge in [0.2, 0.25) is 0 Å². The molecular formula is C9H15NO. The van der Waals surface area contributed by atoms with Crippen LogP contribution in [-0.4, -0.2) is 28.8 Å². The van der Waals surface area contributed by atoms with Crippen LogP contribution in [0.1, 0.15) is 25.7 Å². The molecule has 0 bridgehead atoms. The second-order valence-corrected chi connectivity index (χ2v) is 3.45. The maximum absolute atomic E-state index is 9.58. The van der Waals surface area contributed by atoms with Gasteiger partial charge in [-0.1, -0.05) is 18.6 Å². The minimum atomic E-state index is -0.203. The summed E-state index contributed by atoms with van der Waals surface area (Å²) >= 11 is 0. The van der Waals surface area contributed by atoms with Gasteiger partial charge in [-0.3, -0.25) is 4.90 Å². The van der Waals surface area contributed by atoms with E-state index in [0.29, 0.717) is 6.04 Å². The molecule has 2 heterocycles. The molecule has 1 N–H and O–H groups in total. The Hall–Kier alpha value is -0.340. The lowest BCUT2D eigenvalue weighted by Gasteiger charge is -2.39. The molecule has 0 radical (unpaired) electrons. The number of nitrogens with zero attached hydrogens (tertiary/aromatic N) is 1. The number of hydrogen-bond donors (Lipinski definition) is 1. The van der Waals surface area contributed by atoms with E-state index in [4.69, 9.17) is 0 Å². The first-order valence-electron chi connectivity index (χ1n) is 4.48. The van der Waals surface area contributed by atoms with Crippen molar-refractivity contribution in [3.05, 3.63) is 12.2 Å². The second-order valence-electron chi connectivity index (χ2n) is 3.45. The molecule has 2 aliphatic rings. The van der Waals surface area contributed by atoms with E-state index in [9.17, 15) is 5.11 Å². The van der Waals surface area contributed by atoms with E-state index in [2.05, 4.69) is 17.1 Å². The summed E-state index contributed by atoms with van der Waals surface area (Å²) in [6, 6.07) is 0.535. The van der Waals surface area contributed by atoms with E-state index in [1.165, 1.54) is 19.3 Å². The van der Waals surface area contributed by atoms with Gasteiger partial charge < -0.3 is 5.11 Å². The third-order valence-corrected chi connectivity index (χ3v) is 2.68. The Bertz CT molecular complexity index is 167. The van der Waals surface area contributed by atoms with Crippen molar-refractivity contribution in [3.8, 4) is 0 Å². The van der Waals surface area contributed by atoms with Crippen LogP contribution in [0.3, 0.4) is 0 Å². The van der Waals surface area contributed by atoms with Crippen LogP contribution in [-0.2, 0) is 0 Å². The quantitative estimate of drug-likeness (QED) is 0.527. The van der Waals surface area contributed by atoms with Gasteiger partial charge in [0.1, 0.15) is 6.23 Å². The standard InChI is InChI=1S/C9H15NO/c11-9-6-3-5-8-4-1-2-7-10(8)9/h3,5,8-9,11H,1-2,4,6-7H2. The van der Waals surface area contributed by atoms with Gasteiger partial charge in [-0.05, 0) is 12.8 Å². The summed E-state index contributed by atoms with van der Waals surface area (Å²) in [5, 5.41) is 9.58. The Morgan fingerprint density at radius 2 is 2.27 bits per heavy atom. The number of fused-ring (bicyclic) bond motifs is 1. The predicted octanol–water partition coefficient (Wildman–Crippen LogP) is 1.12. The average molecular weight is 153 g/mol. The SMILES string of the molecule is OC1CC=CC2CCCCN12. The van der Waals surface area contributed by atoms with Gasteiger partial charge in [-0.2, -0.15) is 0 Å². The molecular weight excluding hydrogens is 138 g/mol. The van der Waals surface area contributed by atoms with Crippen LogP contribution in [0.15, 0.2) is 12.2 Å². The average Bonchev–Trinajstić information content (AvgIpc) is 2.06. The number of hydrogen-bond acceptors (Lipinski definition) is 2. The summed E-state index contributed by atoms with van der Waals surface area (Å²) in [4.78, 5) is 2.21. The Balaban J connectivity index is 2.09. The monoisotopic (exact) mass is 153 g/mol. The second kappa shape index (κ2) is 2.95. The van der Waals surface area contributed by atoms with Crippen molar-refractivity contribution in [1.82, 2.24) is 4.90 Å². The molecule has 1 fully saturated rings. The van der Waals surface area contributed by atoms with Gasteiger partial charge in [0.15, 0.2) is 0 Å². The zero-order valence-corrected chi connectivity index (χ0v) is 6.74. The Morgan fingerprint density at radius 3 is 3.09 bits per heavy atom. The van der Waals surface area contributed by atoms with Crippen LogP contribution in [0, 0.1) is 0 Å². The molecule has 0 aliphatic carbocycles. The van der Waals surface area contributed by atoms with E-state index in [1.807, 2.05) is 0 Å². The molecule has 62 valence electrons. The maximum atomic E-state index is 9.58. The van der Waals surface area contributed by atoms with Crippen molar-refractivity contribution in [3.63, 3.8) is 0 Å². The van der Waals surface area contributed by atoms with Crippen LogP contribution in [0.4, 0.5) is 0 Å². The lowest BCUT2D eigenvalue weighted by atomic mass is 9.98. The summed E-state index contributed by atoms with van der Waals surface area (Å²) in [6.45, 7) is 1.08. The predicted molar refractivity (Wildman–Crippen MR) is 44.1 cm³/mol. The number of aliphatic hydroxyl groups excluding tert-OH is 1. The van der Waals surface area contributed by atoms with Crippen LogP contribution < -0.4 is 0 Å². The first-order chi connectivity index (χ1) is 5.38. The van der Waals surface area contributed by atoms with E-state index in [-0.39, 0.29) is 6.23 Å². The number of piperidine rings is 1. The van der Waals surface area contributed by atoms with Gasteiger partial charge in [0.05, 0.1) is 0 Å². The fourth-order valence-electron chi connectivity index (χ4n) is 2.05. The van der Waals surface area contributed by atoms with E-state index in [1.54, 1.807) is 0 Å². The van der Waals surface area contributed by atoms with Crippen LogP contribution >= 0.6 is 0 Å². The van der Waals surface area contributed by atoms with Gasteiger partial charge in [0, 0.05) is 19.0 Å². The van der Waals surface area contributed by atoms with E-state index < -0.39 is 0 Å². The molecule has 2 nitrogen and oxygen atoms in total. The molecule has 2 heteroatoms. The van der Waals surface area contributed by atoms with E-state index in [0.717, 1.165) is 13.0 Å². The minimum absolute atomic E-state index is 0.203. The molecule has 0 aromatic carbocycles. The lowest BCUT2D eigenvalue weighted by molar-refractivity contribution is -0.0317. The fourth-order valence-corrected chi connectivity index (χ4v) is 2.05. The van der Waals surface area contributed by atoms with Crippen LogP contribution in [0.5, 0.6) is 0 Å². The highest BCUT2D eigenvalue weighted by Crippen LogP contribution is 2.24. The summed E-state index contributed by atoms with van der Waals surface area (Å²) < 4.78 is 0.